The van der Waals surface area contributed by atoms with Crippen LogP contribution in [0.25, 0.3) is 66.4 Å². The molecule has 0 saturated carbocycles. The van der Waals surface area contributed by atoms with Gasteiger partial charge in [0, 0.05) is 59.7 Å². The van der Waals surface area contributed by atoms with Crippen molar-refractivity contribution in [2.24, 2.45) is 10.8 Å². The van der Waals surface area contributed by atoms with Gasteiger partial charge < -0.3 is 14.4 Å². The van der Waals surface area contributed by atoms with E-state index in [0.29, 0.717) is 50.4 Å². The van der Waals surface area contributed by atoms with E-state index in [9.17, 15) is 0 Å². The van der Waals surface area contributed by atoms with E-state index in [1.54, 1.807) is 30.5 Å². The van der Waals surface area contributed by atoms with Crippen molar-refractivity contribution in [2.45, 2.75) is 74.9 Å². The summed E-state index contributed by atoms with van der Waals surface area (Å²) < 4.78 is 103. The second-order valence-corrected chi connectivity index (χ2v) is 15.5. The minimum absolute atomic E-state index is 0. The molecule has 0 aliphatic heterocycles. The van der Waals surface area contributed by atoms with Crippen molar-refractivity contribution in [1.29, 1.82) is 0 Å². The van der Waals surface area contributed by atoms with E-state index < -0.39 is 44.2 Å². The van der Waals surface area contributed by atoms with Gasteiger partial charge in [0.1, 0.15) is 5.58 Å². The fourth-order valence-electron chi connectivity index (χ4n) is 6.38. The molecule has 3 aromatic heterocycles. The molecule has 0 spiro atoms. The zero-order chi connectivity index (χ0) is 48.4. The molecular weight excluding hydrogens is 849 g/mol. The number of hydrogen-bond donors (Lipinski definition) is 0. The van der Waals surface area contributed by atoms with Crippen LogP contribution in [0.4, 0.5) is 0 Å². The molecule has 0 amide bonds. The molecule has 4 heteroatoms. The molecule has 1 radical (unpaired) electrons. The van der Waals surface area contributed by atoms with E-state index in [-0.39, 0.29) is 36.8 Å². The van der Waals surface area contributed by atoms with E-state index in [1.807, 2.05) is 108 Å². The minimum Gasteiger partial charge on any atom is -0.500 e. The van der Waals surface area contributed by atoms with Crippen LogP contribution in [0.5, 0.6) is 0 Å². The maximum absolute atomic E-state index is 8.72. The average Bonchev–Trinajstić information content (AvgIpc) is 3.64. The van der Waals surface area contributed by atoms with Crippen LogP contribution in [0.15, 0.2) is 120 Å². The smallest absolute Gasteiger partial charge is 0.128 e. The van der Waals surface area contributed by atoms with E-state index in [2.05, 4.69) is 22.1 Å². The Labute approximate surface area is 357 Å². The zero-order valence-corrected chi connectivity index (χ0v) is 34.1. The Hall–Kier alpha value is -4.89. The average molecular weight is 911 g/mol. The van der Waals surface area contributed by atoms with Gasteiger partial charge in [-0.1, -0.05) is 143 Å². The zero-order valence-electron chi connectivity index (χ0n) is 43.7. The Bertz CT molecular complexity index is 3060. The van der Waals surface area contributed by atoms with Gasteiger partial charge in [0.15, 0.2) is 0 Å². The molecule has 0 N–H and O–H groups in total. The molecule has 0 saturated heterocycles. The predicted molar refractivity (Wildman–Crippen MR) is 228 cm³/mol. The maximum atomic E-state index is 8.72. The third kappa shape index (κ3) is 9.15. The van der Waals surface area contributed by atoms with Crippen molar-refractivity contribution in [3.8, 4) is 33.6 Å². The first-order valence-electron chi connectivity index (χ1n) is 24.0. The van der Waals surface area contributed by atoms with Crippen LogP contribution in [0.2, 0.25) is 0 Å². The summed E-state index contributed by atoms with van der Waals surface area (Å²) in [6.07, 6.45) is -0.335. The Kier molecular flexibility index (Phi) is 7.84. The van der Waals surface area contributed by atoms with E-state index in [4.69, 9.17) is 20.9 Å². The molecule has 0 aliphatic rings. The predicted octanol–water partition coefficient (Wildman–Crippen LogP) is 13.9. The molecule has 3 nitrogen and oxygen atoms in total. The maximum Gasteiger partial charge on any atom is 0.128 e. The SMILES string of the molecule is [2H]C([2H])([2H])c1c[c-]c(-c2ccc(C([2H])([2H])C(C)(C)C)cn2)cc1-c1ccccc1.[2H]C([2H])c1cc(-c2[c-]ccc3c2oc2c4cc(C([2H])([2H])C(C)(C)C)ccc4ccc32)ncc1C([2H])([2H])[2H].[Ir]. The molecular formula is C51H50IrN2O-2. The van der Waals surface area contributed by atoms with Crippen LogP contribution in [-0.2, 0) is 32.9 Å². The van der Waals surface area contributed by atoms with Gasteiger partial charge in [-0.05, 0) is 82.4 Å². The topological polar surface area (TPSA) is 38.9 Å². The van der Waals surface area contributed by atoms with Gasteiger partial charge in [-0.2, -0.15) is 0 Å². The van der Waals surface area contributed by atoms with Gasteiger partial charge in [-0.15, -0.1) is 47.5 Å². The number of pyridine rings is 2. The van der Waals surface area contributed by atoms with Crippen molar-refractivity contribution < 1.29 is 41.0 Å². The Morgan fingerprint density at radius 1 is 0.655 bits per heavy atom. The molecule has 8 rings (SSSR count). The van der Waals surface area contributed by atoms with Gasteiger partial charge in [0.05, 0.1) is 5.58 Å². The van der Waals surface area contributed by atoms with Crippen LogP contribution >= 0.6 is 0 Å². The molecule has 0 aliphatic carbocycles. The van der Waals surface area contributed by atoms with Crippen molar-refractivity contribution in [1.82, 2.24) is 9.97 Å². The quantitative estimate of drug-likeness (QED) is 0.162. The molecule has 0 bridgehead atoms. The van der Waals surface area contributed by atoms with Crippen molar-refractivity contribution >= 4 is 32.7 Å². The van der Waals surface area contributed by atoms with Gasteiger partial charge in [0.2, 0.25) is 0 Å². The molecule has 5 aromatic carbocycles. The first-order chi connectivity index (χ1) is 30.6. The molecule has 8 aromatic rings. The van der Waals surface area contributed by atoms with E-state index >= 15 is 0 Å². The van der Waals surface area contributed by atoms with Crippen LogP contribution in [0.1, 0.15) is 85.8 Å². The first-order valence-corrected chi connectivity index (χ1v) is 17.9. The fourth-order valence-corrected chi connectivity index (χ4v) is 6.38. The number of hydrogen-bond acceptors (Lipinski definition) is 3. The van der Waals surface area contributed by atoms with Crippen LogP contribution in [-0.4, -0.2) is 9.97 Å². The number of aromatic nitrogens is 2. The Morgan fingerprint density at radius 2 is 1.36 bits per heavy atom. The fraction of sp³-hybridized carbons (Fsp3) is 0.255. The van der Waals surface area contributed by atoms with Gasteiger partial charge in [-0.25, -0.2) is 0 Å². The summed E-state index contributed by atoms with van der Waals surface area (Å²) in [7, 11) is 0. The summed E-state index contributed by atoms with van der Waals surface area (Å²) in [5, 5.41) is 3.36. The number of fused-ring (bicyclic) bond motifs is 5. The molecule has 3 heterocycles. The minimum atomic E-state index is -2.48. The second kappa shape index (κ2) is 16.1. The number of furan rings is 1. The third-order valence-electron chi connectivity index (χ3n) is 8.72. The summed E-state index contributed by atoms with van der Waals surface area (Å²) in [5.74, 6) is 0. The molecule has 55 heavy (non-hydrogen) atoms. The monoisotopic (exact) mass is 911 g/mol. The summed E-state index contributed by atoms with van der Waals surface area (Å²) in [6.45, 7) is 4.96. The standard InChI is InChI=1S/C28H26NO.C23H24N.Ir/c1-17-13-25(29-16-18(17)2)23-8-6-7-21-22-12-11-20-10-9-19(15-28(3,4)5)14-24(20)27(22)30-26(21)23;1-17-10-12-20(14-21(17)19-8-6-5-7-9-19)22-13-11-18(16-24-22)15-23(2,3)4;/h6-7,9-14,16H,15H2,1-5H3;5-11,13-14,16H,15H2,1-4H3;/q2*-1;/i1D2,2D3,15D2;1D3,15D2;. The third-order valence-corrected chi connectivity index (χ3v) is 8.72. The van der Waals surface area contributed by atoms with Crippen molar-refractivity contribution in [3.05, 3.63) is 155 Å². The summed E-state index contributed by atoms with van der Waals surface area (Å²) in [5.41, 5.74) is 4.79. The summed E-state index contributed by atoms with van der Waals surface area (Å²) in [6, 6.07) is 36.9. The van der Waals surface area contributed by atoms with Gasteiger partial charge in [0.25, 0.3) is 0 Å². The van der Waals surface area contributed by atoms with Crippen LogP contribution < -0.4 is 0 Å². The van der Waals surface area contributed by atoms with Crippen molar-refractivity contribution in [2.75, 3.05) is 0 Å². The Balaban J connectivity index is 0.000000224. The first kappa shape index (κ1) is 26.8. The van der Waals surface area contributed by atoms with Crippen LogP contribution in [0, 0.1) is 43.5 Å². The van der Waals surface area contributed by atoms with Crippen molar-refractivity contribution in [3.63, 3.8) is 0 Å². The molecule has 0 atom stereocenters. The normalized spacial score (nSPS) is 16.0. The van der Waals surface area contributed by atoms with Gasteiger partial charge >= 0.3 is 0 Å². The van der Waals surface area contributed by atoms with Crippen LogP contribution in [0.3, 0.4) is 0 Å². The number of benzene rings is 5. The number of rotatable bonds is 5. The summed E-state index contributed by atoms with van der Waals surface area (Å²) >= 11 is 0. The van der Waals surface area contributed by atoms with Gasteiger partial charge in [-0.3, -0.25) is 0 Å². The summed E-state index contributed by atoms with van der Waals surface area (Å²) in [4.78, 5) is 8.79. The molecule has 0 unspecified atom stereocenters. The van der Waals surface area contributed by atoms with E-state index in [0.717, 1.165) is 27.1 Å². The Morgan fingerprint density at radius 3 is 2.07 bits per heavy atom. The number of nitrogens with zero attached hydrogens (tertiary/aromatic N) is 2. The largest absolute Gasteiger partial charge is 0.500 e. The molecule has 281 valence electrons. The number of aryl methyl sites for hydroxylation is 3. The second-order valence-electron chi connectivity index (χ2n) is 15.5. The molecule has 0 fully saturated rings. The van der Waals surface area contributed by atoms with E-state index in [1.165, 1.54) is 18.3 Å².